The number of carbonyl (C=O) groups is 2. The average molecular weight is 423 g/mol. The van der Waals surface area contributed by atoms with Crippen molar-refractivity contribution in [1.29, 1.82) is 0 Å². The summed E-state index contributed by atoms with van der Waals surface area (Å²) in [6.45, 7) is 3.69. The van der Waals surface area contributed by atoms with Gasteiger partial charge in [0.2, 0.25) is 5.91 Å². The maximum Gasteiger partial charge on any atom is 0.255 e. The van der Waals surface area contributed by atoms with Gasteiger partial charge in [-0.2, -0.15) is 5.10 Å². The van der Waals surface area contributed by atoms with Crippen molar-refractivity contribution in [2.75, 3.05) is 11.9 Å². The number of benzene rings is 2. The summed E-state index contributed by atoms with van der Waals surface area (Å²) in [4.78, 5) is 23.6. The predicted molar refractivity (Wildman–Crippen MR) is 117 cm³/mol. The van der Waals surface area contributed by atoms with E-state index in [2.05, 4.69) is 5.32 Å². The molecule has 2 amide bonds. The summed E-state index contributed by atoms with van der Waals surface area (Å²) in [5.41, 5.74) is 8.88. The van der Waals surface area contributed by atoms with Crippen LogP contribution in [-0.2, 0) is 9.59 Å². The van der Waals surface area contributed by atoms with E-state index in [1.807, 2.05) is 56.3 Å². The molecule has 8 heteroatoms. The number of aromatic nitrogens is 2. The third-order valence-corrected chi connectivity index (χ3v) is 6.29. The third kappa shape index (κ3) is 3.91. The van der Waals surface area contributed by atoms with Gasteiger partial charge < -0.3 is 15.8 Å². The molecule has 0 radical (unpaired) electrons. The molecule has 0 saturated heterocycles. The molecule has 30 heavy (non-hydrogen) atoms. The Morgan fingerprint density at radius 2 is 1.90 bits per heavy atom. The van der Waals surface area contributed by atoms with Crippen LogP contribution >= 0.6 is 11.8 Å². The SMILES string of the molecule is Cc1nn(-c2ccccc2)c2c1[C@@H](c1ccc(OCC(N)=O)cc1)S[C@H](C)C(=O)N2. The van der Waals surface area contributed by atoms with Crippen molar-refractivity contribution in [2.45, 2.75) is 24.3 Å². The molecule has 1 aliphatic rings. The number of aryl methyl sites for hydroxylation is 1. The third-order valence-electron chi connectivity index (χ3n) is 4.88. The Kier molecular flexibility index (Phi) is 5.50. The summed E-state index contributed by atoms with van der Waals surface area (Å²) in [7, 11) is 0. The average Bonchev–Trinajstić information content (AvgIpc) is 2.99. The molecule has 3 aromatic rings. The van der Waals surface area contributed by atoms with Crippen molar-refractivity contribution in [3.63, 3.8) is 0 Å². The standard InChI is InChI=1S/C22H22N4O3S/c1-13-19-20(15-8-10-17(11-9-15)29-12-18(23)27)30-14(2)22(28)24-21(19)26(25-13)16-6-4-3-5-7-16/h3-11,14,20H,12H2,1-2H3,(H2,23,27)(H,24,28)/t14-,20-/m1/s1. The van der Waals surface area contributed by atoms with Crippen molar-refractivity contribution in [3.05, 3.63) is 71.4 Å². The lowest BCUT2D eigenvalue weighted by atomic mass is 10.0. The Bertz CT molecular complexity index is 1080. The molecule has 0 spiro atoms. The highest BCUT2D eigenvalue weighted by atomic mass is 32.2. The van der Waals surface area contributed by atoms with Crippen LogP contribution in [0.25, 0.3) is 5.69 Å². The minimum Gasteiger partial charge on any atom is -0.484 e. The number of carbonyl (C=O) groups excluding carboxylic acids is 2. The molecule has 154 valence electrons. The van der Waals surface area contributed by atoms with Crippen LogP contribution in [0.5, 0.6) is 5.75 Å². The number of nitrogens with zero attached hydrogens (tertiary/aromatic N) is 2. The van der Waals surface area contributed by atoms with Crippen LogP contribution in [0.3, 0.4) is 0 Å². The van der Waals surface area contributed by atoms with E-state index >= 15 is 0 Å². The minimum atomic E-state index is -0.523. The first-order valence-corrected chi connectivity index (χ1v) is 10.5. The number of para-hydroxylation sites is 1. The summed E-state index contributed by atoms with van der Waals surface area (Å²) < 4.78 is 7.15. The molecular weight excluding hydrogens is 400 g/mol. The molecular formula is C22H22N4O3S. The lowest BCUT2D eigenvalue weighted by Gasteiger charge is -2.18. The molecule has 4 rings (SSSR count). The molecule has 0 unspecified atom stereocenters. The van der Waals surface area contributed by atoms with E-state index in [4.69, 9.17) is 15.6 Å². The summed E-state index contributed by atoms with van der Waals surface area (Å²) >= 11 is 1.58. The van der Waals surface area contributed by atoms with Gasteiger partial charge in [0.05, 0.1) is 21.9 Å². The van der Waals surface area contributed by atoms with Crippen molar-refractivity contribution < 1.29 is 14.3 Å². The normalized spacial score (nSPS) is 18.3. The first kappa shape index (κ1) is 20.0. The van der Waals surface area contributed by atoms with Gasteiger partial charge in [0.25, 0.3) is 5.91 Å². The molecule has 0 aliphatic carbocycles. The van der Waals surface area contributed by atoms with Crippen LogP contribution < -0.4 is 15.8 Å². The fraction of sp³-hybridized carbons (Fsp3) is 0.227. The Labute approximate surface area is 178 Å². The van der Waals surface area contributed by atoms with Crippen LogP contribution in [0.2, 0.25) is 0 Å². The fourth-order valence-electron chi connectivity index (χ4n) is 3.42. The molecule has 1 aromatic heterocycles. The van der Waals surface area contributed by atoms with Gasteiger partial charge in [-0.3, -0.25) is 9.59 Å². The Morgan fingerprint density at radius 3 is 2.57 bits per heavy atom. The molecule has 7 nitrogen and oxygen atoms in total. The Hall–Kier alpha value is -3.26. The Balaban J connectivity index is 1.76. The van der Waals surface area contributed by atoms with Gasteiger partial charge in [0, 0.05) is 5.56 Å². The fourth-order valence-corrected chi connectivity index (χ4v) is 4.74. The second-order valence-electron chi connectivity index (χ2n) is 7.07. The van der Waals surface area contributed by atoms with E-state index in [0.717, 1.165) is 22.5 Å². The number of thioether (sulfide) groups is 1. The number of anilines is 1. The van der Waals surface area contributed by atoms with Crippen LogP contribution in [0.4, 0.5) is 5.82 Å². The maximum absolute atomic E-state index is 12.7. The van der Waals surface area contributed by atoms with Crippen molar-refractivity contribution in [2.24, 2.45) is 5.73 Å². The van der Waals surface area contributed by atoms with Gasteiger partial charge in [0.15, 0.2) is 6.61 Å². The molecule has 0 fully saturated rings. The highest BCUT2D eigenvalue weighted by Gasteiger charge is 2.34. The summed E-state index contributed by atoms with van der Waals surface area (Å²) in [5.74, 6) is 0.683. The van der Waals surface area contributed by atoms with E-state index in [9.17, 15) is 9.59 Å². The van der Waals surface area contributed by atoms with E-state index in [1.54, 1.807) is 28.6 Å². The number of primary amides is 1. The Morgan fingerprint density at radius 1 is 1.20 bits per heavy atom. The monoisotopic (exact) mass is 422 g/mol. The largest absolute Gasteiger partial charge is 0.484 e. The molecule has 2 aromatic carbocycles. The second-order valence-corrected chi connectivity index (χ2v) is 8.52. The molecule has 2 atom stereocenters. The lowest BCUT2D eigenvalue weighted by Crippen LogP contribution is -2.22. The van der Waals surface area contributed by atoms with E-state index in [0.29, 0.717) is 11.6 Å². The zero-order valence-electron chi connectivity index (χ0n) is 16.7. The number of rotatable bonds is 5. The number of hydrogen-bond donors (Lipinski definition) is 2. The van der Waals surface area contributed by atoms with Crippen LogP contribution in [0.1, 0.15) is 29.0 Å². The number of nitrogens with two attached hydrogens (primary N) is 1. The first-order valence-electron chi connectivity index (χ1n) is 9.56. The molecule has 1 aliphatic heterocycles. The first-order chi connectivity index (χ1) is 14.4. The van der Waals surface area contributed by atoms with Crippen LogP contribution in [-0.4, -0.2) is 33.5 Å². The topological polar surface area (TPSA) is 99.2 Å². The highest BCUT2D eigenvalue weighted by molar-refractivity contribution is 8.01. The second kappa shape index (κ2) is 8.23. The van der Waals surface area contributed by atoms with E-state index in [-0.39, 0.29) is 23.0 Å². The smallest absolute Gasteiger partial charge is 0.255 e. The van der Waals surface area contributed by atoms with Gasteiger partial charge in [-0.25, -0.2) is 4.68 Å². The van der Waals surface area contributed by atoms with Gasteiger partial charge >= 0.3 is 0 Å². The number of amides is 2. The summed E-state index contributed by atoms with van der Waals surface area (Å²) in [6.07, 6.45) is 0. The van der Waals surface area contributed by atoms with E-state index < -0.39 is 5.91 Å². The summed E-state index contributed by atoms with van der Waals surface area (Å²) in [5, 5.41) is 7.46. The van der Waals surface area contributed by atoms with E-state index in [1.165, 1.54) is 0 Å². The van der Waals surface area contributed by atoms with Gasteiger partial charge in [-0.1, -0.05) is 30.3 Å². The molecule has 0 bridgehead atoms. The predicted octanol–water partition coefficient (Wildman–Crippen LogP) is 3.21. The lowest BCUT2D eigenvalue weighted by molar-refractivity contribution is -0.120. The van der Waals surface area contributed by atoms with Gasteiger partial charge in [-0.05, 0) is 43.7 Å². The quantitative estimate of drug-likeness (QED) is 0.658. The van der Waals surface area contributed by atoms with Crippen molar-refractivity contribution in [3.8, 4) is 11.4 Å². The summed E-state index contributed by atoms with van der Waals surface area (Å²) in [6, 6.07) is 17.2. The van der Waals surface area contributed by atoms with Gasteiger partial charge in [0.1, 0.15) is 11.6 Å². The van der Waals surface area contributed by atoms with Crippen molar-refractivity contribution >= 4 is 29.4 Å². The van der Waals surface area contributed by atoms with Crippen LogP contribution in [0, 0.1) is 6.92 Å². The number of nitrogens with one attached hydrogen (secondary N) is 1. The minimum absolute atomic E-state index is 0.0535. The molecule has 3 N–H and O–H groups in total. The molecule has 2 heterocycles. The number of hydrogen-bond acceptors (Lipinski definition) is 5. The zero-order chi connectivity index (χ0) is 21.3. The van der Waals surface area contributed by atoms with Crippen LogP contribution in [0.15, 0.2) is 54.6 Å². The maximum atomic E-state index is 12.7. The highest BCUT2D eigenvalue weighted by Crippen LogP contribution is 2.46. The zero-order valence-corrected chi connectivity index (χ0v) is 17.5. The molecule has 0 saturated carbocycles. The number of fused-ring (bicyclic) bond motifs is 1. The number of ether oxygens (including phenoxy) is 1. The van der Waals surface area contributed by atoms with Crippen molar-refractivity contribution in [1.82, 2.24) is 9.78 Å². The van der Waals surface area contributed by atoms with Gasteiger partial charge in [-0.15, -0.1) is 11.8 Å².